The molecule has 1 aromatic carbocycles. The van der Waals surface area contributed by atoms with Gasteiger partial charge in [-0.2, -0.15) is 0 Å². The van der Waals surface area contributed by atoms with Gasteiger partial charge in [0.15, 0.2) is 0 Å². The molecule has 1 aromatic heterocycles. The van der Waals surface area contributed by atoms with Crippen molar-refractivity contribution in [3.05, 3.63) is 48.4 Å². The third-order valence-electron chi connectivity index (χ3n) is 3.17. The molecule has 2 aromatic rings. The van der Waals surface area contributed by atoms with E-state index in [0.29, 0.717) is 12.1 Å². The lowest BCUT2D eigenvalue weighted by atomic mass is 10.2. The molecule has 0 fully saturated rings. The number of nitrogen functional groups attached to an aromatic ring is 1. The summed E-state index contributed by atoms with van der Waals surface area (Å²) >= 11 is 0. The fourth-order valence-corrected chi connectivity index (χ4v) is 2.07. The van der Waals surface area contributed by atoms with Crippen LogP contribution in [0.4, 0.5) is 11.4 Å². The summed E-state index contributed by atoms with van der Waals surface area (Å²) in [6.07, 6.45) is 4.73. The Labute approximate surface area is 124 Å². The quantitative estimate of drug-likeness (QED) is 0.768. The molecule has 0 aliphatic carbocycles. The Morgan fingerprint density at radius 1 is 1.29 bits per heavy atom. The van der Waals surface area contributed by atoms with E-state index < -0.39 is 0 Å². The second-order valence-electron chi connectivity index (χ2n) is 5.14. The molecule has 21 heavy (non-hydrogen) atoms. The SMILES string of the molecule is CN(CCCC(=O)Nc1ccc(N)cc1)Cc1ccoc1. The molecule has 0 spiro atoms. The fourth-order valence-electron chi connectivity index (χ4n) is 2.07. The molecule has 0 saturated carbocycles. The summed E-state index contributed by atoms with van der Waals surface area (Å²) in [5, 5.41) is 2.86. The summed E-state index contributed by atoms with van der Waals surface area (Å²) in [4.78, 5) is 14.0. The number of nitrogens with zero attached hydrogens (tertiary/aromatic N) is 1. The summed E-state index contributed by atoms with van der Waals surface area (Å²) in [6.45, 7) is 1.69. The van der Waals surface area contributed by atoms with Gasteiger partial charge in [-0.3, -0.25) is 4.79 Å². The molecule has 3 N–H and O–H groups in total. The molecule has 0 saturated heterocycles. The van der Waals surface area contributed by atoms with Crippen LogP contribution >= 0.6 is 0 Å². The molecule has 5 heteroatoms. The first-order valence-corrected chi connectivity index (χ1v) is 6.98. The van der Waals surface area contributed by atoms with Crippen LogP contribution in [0.2, 0.25) is 0 Å². The standard InChI is InChI=1S/C16H21N3O2/c1-19(11-13-8-10-21-12-13)9-2-3-16(20)18-15-6-4-14(17)5-7-15/h4-8,10,12H,2-3,9,11,17H2,1H3,(H,18,20). The highest BCUT2D eigenvalue weighted by atomic mass is 16.3. The van der Waals surface area contributed by atoms with Crippen molar-refractivity contribution < 1.29 is 9.21 Å². The van der Waals surface area contributed by atoms with Gasteiger partial charge in [0.2, 0.25) is 5.91 Å². The second-order valence-corrected chi connectivity index (χ2v) is 5.14. The molecule has 2 rings (SSSR count). The maximum absolute atomic E-state index is 11.8. The third kappa shape index (κ3) is 5.31. The zero-order valence-electron chi connectivity index (χ0n) is 12.2. The van der Waals surface area contributed by atoms with Gasteiger partial charge in [0, 0.05) is 29.9 Å². The number of nitrogens with two attached hydrogens (primary N) is 1. The summed E-state index contributed by atoms with van der Waals surface area (Å²) < 4.78 is 5.03. The number of amides is 1. The number of hydrogen-bond donors (Lipinski definition) is 2. The number of anilines is 2. The van der Waals surface area contributed by atoms with Gasteiger partial charge in [0.1, 0.15) is 0 Å². The first-order chi connectivity index (χ1) is 10.1. The van der Waals surface area contributed by atoms with Crippen molar-refractivity contribution in [1.82, 2.24) is 4.90 Å². The molecule has 0 radical (unpaired) electrons. The van der Waals surface area contributed by atoms with Crippen LogP contribution < -0.4 is 11.1 Å². The van der Waals surface area contributed by atoms with Crippen molar-refractivity contribution in [3.8, 4) is 0 Å². The Balaban J connectivity index is 1.65. The molecular weight excluding hydrogens is 266 g/mol. The predicted octanol–water partition coefficient (Wildman–Crippen LogP) is 2.71. The number of carbonyl (C=O) groups is 1. The van der Waals surface area contributed by atoms with Gasteiger partial charge in [0.05, 0.1) is 12.5 Å². The maximum Gasteiger partial charge on any atom is 0.224 e. The summed E-state index contributed by atoms with van der Waals surface area (Å²) in [5.74, 6) is 0.0245. The van der Waals surface area contributed by atoms with Crippen LogP contribution in [0.15, 0.2) is 47.3 Å². The Hall–Kier alpha value is -2.27. The largest absolute Gasteiger partial charge is 0.472 e. The minimum absolute atomic E-state index is 0.0245. The van der Waals surface area contributed by atoms with Crippen LogP contribution in [0.5, 0.6) is 0 Å². The second kappa shape index (κ2) is 7.50. The van der Waals surface area contributed by atoms with Crippen LogP contribution in [0, 0.1) is 0 Å². The van der Waals surface area contributed by atoms with E-state index in [1.54, 1.807) is 36.8 Å². The van der Waals surface area contributed by atoms with Gasteiger partial charge in [-0.1, -0.05) is 0 Å². The van der Waals surface area contributed by atoms with Crippen LogP contribution in [0.25, 0.3) is 0 Å². The number of furan rings is 1. The van der Waals surface area contributed by atoms with E-state index in [9.17, 15) is 4.79 Å². The molecule has 1 amide bonds. The number of carbonyl (C=O) groups excluding carboxylic acids is 1. The van der Waals surface area contributed by atoms with Crippen LogP contribution in [-0.2, 0) is 11.3 Å². The van der Waals surface area contributed by atoms with Gasteiger partial charge in [-0.25, -0.2) is 0 Å². The van der Waals surface area contributed by atoms with Gasteiger partial charge >= 0.3 is 0 Å². The molecule has 5 nitrogen and oxygen atoms in total. The molecular formula is C16H21N3O2. The molecule has 0 aliphatic heterocycles. The van der Waals surface area contributed by atoms with E-state index >= 15 is 0 Å². The fraction of sp³-hybridized carbons (Fsp3) is 0.312. The average molecular weight is 287 g/mol. The number of rotatable bonds is 7. The summed E-state index contributed by atoms with van der Waals surface area (Å²) in [6, 6.07) is 9.10. The Morgan fingerprint density at radius 2 is 2.05 bits per heavy atom. The molecule has 0 atom stereocenters. The van der Waals surface area contributed by atoms with Crippen molar-refractivity contribution >= 4 is 17.3 Å². The van der Waals surface area contributed by atoms with Gasteiger partial charge in [-0.15, -0.1) is 0 Å². The Bertz CT molecular complexity index is 549. The predicted molar refractivity (Wildman–Crippen MR) is 83.8 cm³/mol. The van der Waals surface area contributed by atoms with Crippen molar-refractivity contribution in [2.24, 2.45) is 0 Å². The zero-order valence-corrected chi connectivity index (χ0v) is 12.2. The van der Waals surface area contributed by atoms with Crippen LogP contribution in [-0.4, -0.2) is 24.4 Å². The lowest BCUT2D eigenvalue weighted by Gasteiger charge is -2.15. The molecule has 112 valence electrons. The van der Waals surface area contributed by atoms with E-state index in [-0.39, 0.29) is 5.91 Å². The van der Waals surface area contributed by atoms with Crippen molar-refractivity contribution in [1.29, 1.82) is 0 Å². The molecule has 0 bridgehead atoms. The molecule has 1 heterocycles. The monoisotopic (exact) mass is 287 g/mol. The number of hydrogen-bond acceptors (Lipinski definition) is 4. The summed E-state index contributed by atoms with van der Waals surface area (Å²) in [5.41, 5.74) is 8.21. The highest BCUT2D eigenvalue weighted by molar-refractivity contribution is 5.90. The first-order valence-electron chi connectivity index (χ1n) is 6.98. The molecule has 0 unspecified atom stereocenters. The average Bonchev–Trinajstić information content (AvgIpc) is 2.94. The van der Waals surface area contributed by atoms with Crippen molar-refractivity contribution in [2.75, 3.05) is 24.6 Å². The number of benzene rings is 1. The Morgan fingerprint density at radius 3 is 2.71 bits per heavy atom. The topological polar surface area (TPSA) is 71.5 Å². The molecule has 0 aliphatic rings. The maximum atomic E-state index is 11.8. The van der Waals surface area contributed by atoms with E-state index in [0.717, 1.165) is 30.8 Å². The lowest BCUT2D eigenvalue weighted by Crippen LogP contribution is -2.20. The normalized spacial score (nSPS) is 10.8. The third-order valence-corrected chi connectivity index (χ3v) is 3.17. The minimum atomic E-state index is 0.0245. The highest BCUT2D eigenvalue weighted by Gasteiger charge is 2.05. The zero-order chi connectivity index (χ0) is 15.1. The highest BCUT2D eigenvalue weighted by Crippen LogP contribution is 2.11. The van der Waals surface area contributed by atoms with Crippen LogP contribution in [0.1, 0.15) is 18.4 Å². The van der Waals surface area contributed by atoms with E-state index in [1.807, 2.05) is 13.1 Å². The Kier molecular flexibility index (Phi) is 5.40. The van der Waals surface area contributed by atoms with Gasteiger partial charge < -0.3 is 20.4 Å². The van der Waals surface area contributed by atoms with Gasteiger partial charge in [0.25, 0.3) is 0 Å². The smallest absolute Gasteiger partial charge is 0.224 e. The van der Waals surface area contributed by atoms with E-state index in [2.05, 4.69) is 10.2 Å². The van der Waals surface area contributed by atoms with Crippen molar-refractivity contribution in [2.45, 2.75) is 19.4 Å². The van der Waals surface area contributed by atoms with E-state index in [1.165, 1.54) is 0 Å². The van der Waals surface area contributed by atoms with Crippen LogP contribution in [0.3, 0.4) is 0 Å². The van der Waals surface area contributed by atoms with E-state index in [4.69, 9.17) is 10.2 Å². The minimum Gasteiger partial charge on any atom is -0.472 e. The van der Waals surface area contributed by atoms with Gasteiger partial charge in [-0.05, 0) is 50.3 Å². The van der Waals surface area contributed by atoms with Crippen molar-refractivity contribution in [3.63, 3.8) is 0 Å². The summed E-state index contributed by atoms with van der Waals surface area (Å²) in [7, 11) is 2.03. The first kappa shape index (κ1) is 15.1. The number of nitrogens with one attached hydrogen (secondary N) is 1. The lowest BCUT2D eigenvalue weighted by molar-refractivity contribution is -0.116.